The van der Waals surface area contributed by atoms with Gasteiger partial charge in [-0.15, -0.1) is 0 Å². The first-order valence-electron chi connectivity index (χ1n) is 5.31. The van der Waals surface area contributed by atoms with Gasteiger partial charge < -0.3 is 15.8 Å². The molecule has 0 heterocycles. The Bertz CT molecular complexity index is 135. The molecule has 0 aliphatic heterocycles. The van der Waals surface area contributed by atoms with E-state index in [4.69, 9.17) is 10.5 Å². The summed E-state index contributed by atoms with van der Waals surface area (Å²) in [5.41, 5.74) is 5.95. The lowest BCUT2D eigenvalue weighted by atomic mass is 10.0. The summed E-state index contributed by atoms with van der Waals surface area (Å²) < 4.78 is 5.26. The maximum absolute atomic E-state index is 5.30. The number of rotatable bonds is 8. The Kier molecular flexibility index (Phi) is 4.70. The Hall–Kier alpha value is -0.120. The fourth-order valence-electron chi connectivity index (χ4n) is 1.52. The van der Waals surface area contributed by atoms with E-state index in [1.54, 1.807) is 0 Å². The molecule has 1 aliphatic carbocycles. The highest BCUT2D eigenvalue weighted by Gasteiger charge is 2.39. The third kappa shape index (κ3) is 4.07. The van der Waals surface area contributed by atoms with E-state index in [-0.39, 0.29) is 0 Å². The smallest absolute Gasteiger partial charge is 0.0591 e. The lowest BCUT2D eigenvalue weighted by molar-refractivity contribution is 0.142. The lowest BCUT2D eigenvalue weighted by Crippen LogP contribution is -2.27. The van der Waals surface area contributed by atoms with Crippen LogP contribution < -0.4 is 11.1 Å². The van der Waals surface area contributed by atoms with Gasteiger partial charge in [-0.2, -0.15) is 0 Å². The number of ether oxygens (including phenoxy) is 1. The molecule has 0 aromatic rings. The van der Waals surface area contributed by atoms with Crippen molar-refractivity contribution in [1.29, 1.82) is 0 Å². The molecule has 0 aromatic heterocycles. The number of hydrogen-bond donors (Lipinski definition) is 2. The second-order valence-electron chi connectivity index (χ2n) is 3.93. The summed E-state index contributed by atoms with van der Waals surface area (Å²) in [4.78, 5) is 0. The van der Waals surface area contributed by atoms with Crippen molar-refractivity contribution in [1.82, 2.24) is 5.32 Å². The highest BCUT2D eigenvalue weighted by Crippen LogP contribution is 2.47. The van der Waals surface area contributed by atoms with Gasteiger partial charge in [0, 0.05) is 19.6 Å². The SMILES string of the molecule is CCC1(CNCCOCCN)CC1. The topological polar surface area (TPSA) is 47.3 Å². The molecule has 1 rings (SSSR count). The summed E-state index contributed by atoms with van der Waals surface area (Å²) in [6.07, 6.45) is 4.12. The minimum absolute atomic E-state index is 0.624. The molecule has 78 valence electrons. The monoisotopic (exact) mass is 186 g/mol. The summed E-state index contributed by atoms with van der Waals surface area (Å²) in [6.45, 7) is 6.49. The minimum atomic E-state index is 0.624. The molecule has 0 atom stereocenters. The highest BCUT2D eigenvalue weighted by atomic mass is 16.5. The summed E-state index contributed by atoms with van der Waals surface area (Å²) in [7, 11) is 0. The summed E-state index contributed by atoms with van der Waals surface area (Å²) in [5, 5.41) is 3.43. The van der Waals surface area contributed by atoms with Crippen molar-refractivity contribution in [2.45, 2.75) is 26.2 Å². The molecule has 3 heteroatoms. The van der Waals surface area contributed by atoms with E-state index in [2.05, 4.69) is 12.2 Å². The quantitative estimate of drug-likeness (QED) is 0.550. The van der Waals surface area contributed by atoms with Crippen molar-refractivity contribution in [3.05, 3.63) is 0 Å². The van der Waals surface area contributed by atoms with E-state index in [0.717, 1.165) is 19.7 Å². The largest absolute Gasteiger partial charge is 0.379 e. The molecule has 0 amide bonds. The lowest BCUT2D eigenvalue weighted by Gasteiger charge is -2.13. The van der Waals surface area contributed by atoms with Crippen molar-refractivity contribution in [2.75, 3.05) is 32.8 Å². The van der Waals surface area contributed by atoms with Crippen LogP contribution in [0.25, 0.3) is 0 Å². The van der Waals surface area contributed by atoms with Gasteiger partial charge >= 0.3 is 0 Å². The van der Waals surface area contributed by atoms with Gasteiger partial charge in [-0.05, 0) is 24.7 Å². The molecule has 3 N–H and O–H groups in total. The second-order valence-corrected chi connectivity index (χ2v) is 3.93. The van der Waals surface area contributed by atoms with Crippen molar-refractivity contribution in [3.8, 4) is 0 Å². The Morgan fingerprint density at radius 1 is 1.38 bits per heavy atom. The third-order valence-electron chi connectivity index (χ3n) is 2.89. The van der Waals surface area contributed by atoms with Crippen LogP contribution in [-0.2, 0) is 4.74 Å². The van der Waals surface area contributed by atoms with Crippen LogP contribution in [0.3, 0.4) is 0 Å². The normalized spacial score (nSPS) is 18.9. The molecule has 3 nitrogen and oxygen atoms in total. The van der Waals surface area contributed by atoms with Crippen LogP contribution in [0.1, 0.15) is 26.2 Å². The first-order chi connectivity index (χ1) is 6.33. The molecule has 1 saturated carbocycles. The Balaban J connectivity index is 1.84. The van der Waals surface area contributed by atoms with Crippen LogP contribution in [-0.4, -0.2) is 32.8 Å². The molecule has 0 saturated heterocycles. The fraction of sp³-hybridized carbons (Fsp3) is 1.00. The van der Waals surface area contributed by atoms with Gasteiger partial charge in [0.15, 0.2) is 0 Å². The van der Waals surface area contributed by atoms with Crippen LogP contribution in [0.4, 0.5) is 0 Å². The Morgan fingerprint density at radius 2 is 2.15 bits per heavy atom. The number of nitrogens with one attached hydrogen (secondary N) is 1. The van der Waals surface area contributed by atoms with Gasteiger partial charge in [-0.25, -0.2) is 0 Å². The molecule has 0 bridgehead atoms. The van der Waals surface area contributed by atoms with E-state index in [9.17, 15) is 0 Å². The van der Waals surface area contributed by atoms with Gasteiger partial charge in [0.25, 0.3) is 0 Å². The summed E-state index contributed by atoms with van der Waals surface area (Å²) in [6, 6.07) is 0. The predicted octanol–water partition coefficient (Wildman–Crippen LogP) is 0.741. The zero-order valence-corrected chi connectivity index (χ0v) is 8.64. The zero-order valence-electron chi connectivity index (χ0n) is 8.64. The van der Waals surface area contributed by atoms with E-state index >= 15 is 0 Å². The predicted molar refractivity (Wildman–Crippen MR) is 54.7 cm³/mol. The van der Waals surface area contributed by atoms with Crippen LogP contribution >= 0.6 is 0 Å². The van der Waals surface area contributed by atoms with Crippen molar-refractivity contribution in [3.63, 3.8) is 0 Å². The molecule has 0 radical (unpaired) electrons. The van der Waals surface area contributed by atoms with E-state index < -0.39 is 0 Å². The van der Waals surface area contributed by atoms with Crippen molar-refractivity contribution >= 4 is 0 Å². The fourth-order valence-corrected chi connectivity index (χ4v) is 1.52. The first kappa shape index (κ1) is 11.0. The van der Waals surface area contributed by atoms with Crippen molar-refractivity contribution in [2.24, 2.45) is 11.1 Å². The molecular weight excluding hydrogens is 164 g/mol. The van der Waals surface area contributed by atoms with Gasteiger partial charge in [0.1, 0.15) is 0 Å². The van der Waals surface area contributed by atoms with E-state index in [0.29, 0.717) is 18.6 Å². The van der Waals surface area contributed by atoms with Crippen LogP contribution in [0.2, 0.25) is 0 Å². The van der Waals surface area contributed by atoms with Gasteiger partial charge in [0.2, 0.25) is 0 Å². The number of hydrogen-bond acceptors (Lipinski definition) is 3. The van der Waals surface area contributed by atoms with Crippen LogP contribution in [0.5, 0.6) is 0 Å². The second kappa shape index (κ2) is 5.58. The molecule has 1 fully saturated rings. The molecule has 13 heavy (non-hydrogen) atoms. The maximum Gasteiger partial charge on any atom is 0.0591 e. The van der Waals surface area contributed by atoms with E-state index in [1.165, 1.54) is 19.3 Å². The van der Waals surface area contributed by atoms with Gasteiger partial charge in [0.05, 0.1) is 13.2 Å². The van der Waals surface area contributed by atoms with Gasteiger partial charge in [-0.1, -0.05) is 6.92 Å². The van der Waals surface area contributed by atoms with Crippen molar-refractivity contribution < 1.29 is 4.74 Å². The minimum Gasteiger partial charge on any atom is -0.379 e. The maximum atomic E-state index is 5.30. The Labute approximate surface area is 81.0 Å². The van der Waals surface area contributed by atoms with Crippen LogP contribution in [0.15, 0.2) is 0 Å². The Morgan fingerprint density at radius 3 is 2.69 bits per heavy atom. The molecule has 0 unspecified atom stereocenters. The molecule has 1 aliphatic rings. The third-order valence-corrected chi connectivity index (χ3v) is 2.89. The average molecular weight is 186 g/mol. The van der Waals surface area contributed by atoms with E-state index in [1.807, 2.05) is 0 Å². The standard InChI is InChI=1S/C10H22N2O/c1-2-10(3-4-10)9-12-6-8-13-7-5-11/h12H,2-9,11H2,1H3. The zero-order chi connectivity index (χ0) is 9.57. The molecular formula is C10H22N2O. The summed E-state index contributed by atoms with van der Waals surface area (Å²) >= 11 is 0. The molecule has 0 aromatic carbocycles. The number of nitrogens with two attached hydrogens (primary N) is 1. The first-order valence-corrected chi connectivity index (χ1v) is 5.31. The average Bonchev–Trinajstić information content (AvgIpc) is 2.92. The highest BCUT2D eigenvalue weighted by molar-refractivity contribution is 4.93. The van der Waals surface area contributed by atoms with Gasteiger partial charge in [-0.3, -0.25) is 0 Å². The summed E-state index contributed by atoms with van der Waals surface area (Å²) in [5.74, 6) is 0. The molecule has 0 spiro atoms. The van der Waals surface area contributed by atoms with Crippen LogP contribution in [0, 0.1) is 5.41 Å².